The molecule has 0 unspecified atom stereocenters. The lowest BCUT2D eigenvalue weighted by Gasteiger charge is -2.09. The van der Waals surface area contributed by atoms with Crippen LogP contribution in [-0.2, 0) is 20.9 Å². The average molecular weight is 375 g/mol. The molecule has 2 aromatic rings. The van der Waals surface area contributed by atoms with E-state index in [0.29, 0.717) is 22.8 Å². The first-order valence-electron chi connectivity index (χ1n) is 7.91. The maximum Gasteiger partial charge on any atom is 0.338 e. The highest BCUT2D eigenvalue weighted by Crippen LogP contribution is 2.22. The molecule has 0 aromatic heterocycles. The van der Waals surface area contributed by atoms with Gasteiger partial charge in [0.2, 0.25) is 5.91 Å². The fourth-order valence-electron chi connectivity index (χ4n) is 2.11. The Labute approximate surface area is 156 Å². The van der Waals surface area contributed by atoms with Crippen molar-refractivity contribution in [2.75, 3.05) is 11.9 Å². The molecule has 2 amide bonds. The molecule has 0 saturated heterocycles. The van der Waals surface area contributed by atoms with Crippen LogP contribution < -0.4 is 10.6 Å². The first kappa shape index (κ1) is 19.5. The Bertz CT molecular complexity index is 819. The highest BCUT2D eigenvalue weighted by Gasteiger charge is 2.11. The molecular formula is C19H19ClN2O4. The Balaban J connectivity index is 1.85. The van der Waals surface area contributed by atoms with Crippen molar-refractivity contribution in [1.82, 2.24) is 5.32 Å². The summed E-state index contributed by atoms with van der Waals surface area (Å²) < 4.78 is 5.00. The number of hydrogen-bond acceptors (Lipinski definition) is 4. The van der Waals surface area contributed by atoms with Crippen molar-refractivity contribution in [3.05, 3.63) is 64.2 Å². The molecule has 136 valence electrons. The minimum atomic E-state index is -0.610. The number of esters is 1. The maximum absolute atomic E-state index is 12.0. The van der Waals surface area contributed by atoms with Crippen LogP contribution in [0.1, 0.15) is 28.4 Å². The van der Waals surface area contributed by atoms with Gasteiger partial charge in [0, 0.05) is 13.5 Å². The number of hydrogen-bond donors (Lipinski definition) is 2. The highest BCUT2D eigenvalue weighted by molar-refractivity contribution is 6.33. The molecule has 0 fully saturated rings. The fourth-order valence-corrected chi connectivity index (χ4v) is 2.39. The van der Waals surface area contributed by atoms with Gasteiger partial charge in [-0.2, -0.15) is 0 Å². The second-order valence-corrected chi connectivity index (χ2v) is 6.12. The van der Waals surface area contributed by atoms with Crippen molar-refractivity contribution < 1.29 is 19.1 Å². The highest BCUT2D eigenvalue weighted by atomic mass is 35.5. The average Bonchev–Trinajstić information content (AvgIpc) is 2.60. The number of benzene rings is 2. The summed E-state index contributed by atoms with van der Waals surface area (Å²) in [5.41, 5.74) is 2.60. The molecule has 0 radical (unpaired) electrons. The van der Waals surface area contributed by atoms with E-state index in [4.69, 9.17) is 16.3 Å². The van der Waals surface area contributed by atoms with Gasteiger partial charge in [0.05, 0.1) is 16.3 Å². The molecule has 0 atom stereocenters. The quantitative estimate of drug-likeness (QED) is 0.761. The van der Waals surface area contributed by atoms with Gasteiger partial charge in [0.1, 0.15) is 0 Å². The molecule has 0 aliphatic rings. The number of anilines is 1. The molecule has 0 spiro atoms. The SMILES string of the molecule is CC(=O)NCc1ccc(C(=O)OCC(=O)Nc2ccc(C)cc2Cl)cc1. The third-order valence-electron chi connectivity index (χ3n) is 3.46. The smallest absolute Gasteiger partial charge is 0.338 e. The van der Waals surface area contributed by atoms with Gasteiger partial charge in [-0.1, -0.05) is 29.8 Å². The van der Waals surface area contributed by atoms with E-state index >= 15 is 0 Å². The molecule has 6 nitrogen and oxygen atoms in total. The van der Waals surface area contributed by atoms with Crippen LogP contribution in [0, 0.1) is 6.92 Å². The fraction of sp³-hybridized carbons (Fsp3) is 0.211. The van der Waals surface area contributed by atoms with E-state index in [0.717, 1.165) is 11.1 Å². The van der Waals surface area contributed by atoms with Crippen LogP contribution in [0.15, 0.2) is 42.5 Å². The predicted molar refractivity (Wildman–Crippen MR) is 99.1 cm³/mol. The summed E-state index contributed by atoms with van der Waals surface area (Å²) in [4.78, 5) is 34.8. The third-order valence-corrected chi connectivity index (χ3v) is 3.78. The van der Waals surface area contributed by atoms with Crippen LogP contribution in [0.3, 0.4) is 0 Å². The Morgan fingerprint density at radius 1 is 1.08 bits per heavy atom. The van der Waals surface area contributed by atoms with Crippen LogP contribution in [0.4, 0.5) is 5.69 Å². The van der Waals surface area contributed by atoms with Crippen LogP contribution in [0.5, 0.6) is 0 Å². The van der Waals surface area contributed by atoms with E-state index in [1.54, 1.807) is 36.4 Å². The summed E-state index contributed by atoms with van der Waals surface area (Å²) in [5, 5.41) is 5.67. The standard InChI is InChI=1S/C19H19ClN2O4/c1-12-3-8-17(16(20)9-12)22-18(24)11-26-19(25)15-6-4-14(5-7-15)10-21-13(2)23/h3-9H,10-11H2,1-2H3,(H,21,23)(H,22,24). The van der Waals surface area contributed by atoms with E-state index < -0.39 is 18.5 Å². The van der Waals surface area contributed by atoms with E-state index in [2.05, 4.69) is 10.6 Å². The first-order chi connectivity index (χ1) is 12.3. The van der Waals surface area contributed by atoms with Crippen molar-refractivity contribution in [1.29, 1.82) is 0 Å². The minimum absolute atomic E-state index is 0.131. The minimum Gasteiger partial charge on any atom is -0.452 e. The molecule has 2 N–H and O–H groups in total. The number of aryl methyl sites for hydroxylation is 1. The summed E-state index contributed by atoms with van der Waals surface area (Å²) in [6, 6.07) is 11.8. The van der Waals surface area contributed by atoms with Gasteiger partial charge in [-0.25, -0.2) is 4.79 Å². The number of carbonyl (C=O) groups is 3. The molecule has 0 heterocycles. The Morgan fingerprint density at radius 3 is 2.38 bits per heavy atom. The molecule has 0 saturated carbocycles. The number of ether oxygens (including phenoxy) is 1. The van der Waals surface area contributed by atoms with Crippen LogP contribution in [-0.4, -0.2) is 24.4 Å². The number of halogens is 1. The monoisotopic (exact) mass is 374 g/mol. The van der Waals surface area contributed by atoms with Gasteiger partial charge in [0.25, 0.3) is 5.91 Å². The van der Waals surface area contributed by atoms with Crippen molar-refractivity contribution in [2.24, 2.45) is 0 Å². The summed E-state index contributed by atoms with van der Waals surface area (Å²) in [6.45, 7) is 3.28. The lowest BCUT2D eigenvalue weighted by atomic mass is 10.1. The second kappa shape index (κ2) is 9.01. The molecule has 0 aliphatic carbocycles. The Hall–Kier alpha value is -2.86. The zero-order chi connectivity index (χ0) is 19.1. The molecule has 26 heavy (non-hydrogen) atoms. The first-order valence-corrected chi connectivity index (χ1v) is 8.29. The summed E-state index contributed by atoms with van der Waals surface area (Å²) in [6.07, 6.45) is 0. The van der Waals surface area contributed by atoms with Gasteiger partial charge in [0.15, 0.2) is 6.61 Å². The molecule has 0 aliphatic heterocycles. The largest absolute Gasteiger partial charge is 0.452 e. The molecular weight excluding hydrogens is 356 g/mol. The van der Waals surface area contributed by atoms with Gasteiger partial charge < -0.3 is 15.4 Å². The van der Waals surface area contributed by atoms with Crippen LogP contribution >= 0.6 is 11.6 Å². The van der Waals surface area contributed by atoms with Crippen molar-refractivity contribution in [3.8, 4) is 0 Å². The normalized spacial score (nSPS) is 10.1. The molecule has 0 bridgehead atoms. The lowest BCUT2D eigenvalue weighted by Crippen LogP contribution is -2.21. The van der Waals surface area contributed by atoms with E-state index in [1.165, 1.54) is 6.92 Å². The summed E-state index contributed by atoms with van der Waals surface area (Å²) >= 11 is 6.04. The lowest BCUT2D eigenvalue weighted by molar-refractivity contribution is -0.119. The van der Waals surface area contributed by atoms with Gasteiger partial charge in [-0.3, -0.25) is 9.59 Å². The number of carbonyl (C=O) groups excluding carboxylic acids is 3. The third kappa shape index (κ3) is 5.89. The van der Waals surface area contributed by atoms with Crippen molar-refractivity contribution in [2.45, 2.75) is 20.4 Å². The Morgan fingerprint density at radius 2 is 1.77 bits per heavy atom. The Kier molecular flexibility index (Phi) is 6.74. The van der Waals surface area contributed by atoms with Crippen LogP contribution in [0.2, 0.25) is 5.02 Å². The maximum atomic E-state index is 12.0. The number of rotatable bonds is 6. The summed E-state index contributed by atoms with van der Waals surface area (Å²) in [7, 11) is 0. The van der Waals surface area contributed by atoms with E-state index in [9.17, 15) is 14.4 Å². The molecule has 7 heteroatoms. The molecule has 2 aromatic carbocycles. The topological polar surface area (TPSA) is 84.5 Å². The zero-order valence-electron chi connectivity index (χ0n) is 14.5. The van der Waals surface area contributed by atoms with Crippen molar-refractivity contribution >= 4 is 35.1 Å². The van der Waals surface area contributed by atoms with E-state index in [-0.39, 0.29) is 5.91 Å². The number of amides is 2. The summed E-state index contributed by atoms with van der Waals surface area (Å²) in [5.74, 6) is -1.22. The van der Waals surface area contributed by atoms with Gasteiger partial charge in [-0.05, 0) is 42.3 Å². The number of nitrogens with one attached hydrogen (secondary N) is 2. The van der Waals surface area contributed by atoms with E-state index in [1.807, 2.05) is 13.0 Å². The molecule has 2 rings (SSSR count). The van der Waals surface area contributed by atoms with Crippen LogP contribution in [0.25, 0.3) is 0 Å². The predicted octanol–water partition coefficient (Wildman–Crippen LogP) is 3.08. The van der Waals surface area contributed by atoms with Gasteiger partial charge >= 0.3 is 5.97 Å². The second-order valence-electron chi connectivity index (χ2n) is 5.71. The zero-order valence-corrected chi connectivity index (χ0v) is 15.2. The van der Waals surface area contributed by atoms with Crippen molar-refractivity contribution in [3.63, 3.8) is 0 Å². The van der Waals surface area contributed by atoms with Gasteiger partial charge in [-0.15, -0.1) is 0 Å².